The third-order valence-electron chi connectivity index (χ3n) is 5.37. The second-order valence-corrected chi connectivity index (χ2v) is 7.03. The molecule has 0 heterocycles. The van der Waals surface area contributed by atoms with Crippen molar-refractivity contribution in [3.05, 3.63) is 95.6 Å². The molecular formula is C25H22O4. The van der Waals surface area contributed by atoms with Crippen molar-refractivity contribution in [2.24, 2.45) is 0 Å². The summed E-state index contributed by atoms with van der Waals surface area (Å²) in [5, 5.41) is 11.8. The van der Waals surface area contributed by atoms with Gasteiger partial charge in [0.05, 0.1) is 14.2 Å². The van der Waals surface area contributed by atoms with E-state index < -0.39 is 5.60 Å². The molecule has 3 aromatic carbocycles. The largest absolute Gasteiger partial charge is 0.497 e. The van der Waals surface area contributed by atoms with Crippen molar-refractivity contribution >= 4 is 16.9 Å². The summed E-state index contributed by atoms with van der Waals surface area (Å²) in [7, 11) is 3.20. The molecule has 29 heavy (non-hydrogen) atoms. The van der Waals surface area contributed by atoms with Crippen LogP contribution >= 0.6 is 0 Å². The van der Waals surface area contributed by atoms with Crippen LogP contribution < -0.4 is 9.47 Å². The number of allylic oxidation sites excluding steroid dienone is 1. The van der Waals surface area contributed by atoms with Crippen LogP contribution in [0.15, 0.2) is 78.9 Å². The first kappa shape index (κ1) is 19.0. The van der Waals surface area contributed by atoms with Crippen LogP contribution in [0.3, 0.4) is 0 Å². The smallest absolute Gasteiger partial charge is 0.167 e. The summed E-state index contributed by atoms with van der Waals surface area (Å²) in [6, 6.07) is 24.1. The highest BCUT2D eigenvalue weighted by Crippen LogP contribution is 2.50. The lowest BCUT2D eigenvalue weighted by atomic mass is 9.82. The van der Waals surface area contributed by atoms with Crippen LogP contribution in [0.5, 0.6) is 11.5 Å². The zero-order valence-corrected chi connectivity index (χ0v) is 16.4. The maximum absolute atomic E-state index is 13.1. The molecule has 146 valence electrons. The Bertz CT molecular complexity index is 1050. The minimum atomic E-state index is -1.43. The van der Waals surface area contributed by atoms with Gasteiger partial charge in [-0.05, 0) is 41.0 Å². The van der Waals surface area contributed by atoms with E-state index in [-0.39, 0.29) is 12.2 Å². The number of aliphatic hydroxyl groups is 1. The van der Waals surface area contributed by atoms with Crippen molar-refractivity contribution in [1.29, 1.82) is 0 Å². The Morgan fingerprint density at radius 1 is 0.759 bits per heavy atom. The second kappa shape index (κ2) is 7.57. The van der Waals surface area contributed by atoms with Gasteiger partial charge in [0.1, 0.15) is 17.1 Å². The molecule has 0 amide bonds. The summed E-state index contributed by atoms with van der Waals surface area (Å²) >= 11 is 0. The van der Waals surface area contributed by atoms with Crippen molar-refractivity contribution < 1.29 is 19.4 Å². The minimum absolute atomic E-state index is 0.00901. The molecule has 4 heteroatoms. The lowest BCUT2D eigenvalue weighted by molar-refractivity contribution is -0.115. The van der Waals surface area contributed by atoms with Crippen LogP contribution in [0, 0.1) is 0 Å². The third-order valence-corrected chi connectivity index (χ3v) is 5.37. The minimum Gasteiger partial charge on any atom is -0.497 e. The van der Waals surface area contributed by atoms with E-state index in [1.807, 2.05) is 66.7 Å². The van der Waals surface area contributed by atoms with E-state index in [2.05, 4.69) is 0 Å². The van der Waals surface area contributed by atoms with E-state index in [4.69, 9.17) is 9.47 Å². The van der Waals surface area contributed by atoms with E-state index in [1.54, 1.807) is 26.4 Å². The number of methoxy groups -OCH3 is 2. The zero-order valence-electron chi connectivity index (χ0n) is 16.4. The highest BCUT2D eigenvalue weighted by Gasteiger charge is 2.46. The maximum atomic E-state index is 13.1. The summed E-state index contributed by atoms with van der Waals surface area (Å²) in [5.74, 6) is 1.33. The highest BCUT2D eigenvalue weighted by atomic mass is 16.5. The number of rotatable bonds is 5. The molecule has 1 atom stereocenters. The van der Waals surface area contributed by atoms with Crippen LogP contribution in [0.4, 0.5) is 0 Å². The number of hydrogen-bond acceptors (Lipinski definition) is 4. The Morgan fingerprint density at radius 3 is 1.86 bits per heavy atom. The maximum Gasteiger partial charge on any atom is 0.167 e. The molecule has 0 radical (unpaired) electrons. The molecule has 4 nitrogen and oxygen atoms in total. The van der Waals surface area contributed by atoms with Gasteiger partial charge in [0.25, 0.3) is 0 Å². The molecule has 3 aromatic rings. The van der Waals surface area contributed by atoms with Crippen LogP contribution in [0.1, 0.15) is 23.1 Å². The molecule has 0 saturated heterocycles. The number of carbonyl (C=O) groups excluding carboxylic acids is 1. The van der Waals surface area contributed by atoms with Crippen LogP contribution in [0.2, 0.25) is 0 Å². The Kier molecular flexibility index (Phi) is 4.95. The molecule has 1 aliphatic rings. The first-order valence-electron chi connectivity index (χ1n) is 9.41. The van der Waals surface area contributed by atoms with Crippen molar-refractivity contribution in [1.82, 2.24) is 0 Å². The first-order chi connectivity index (χ1) is 14.1. The fourth-order valence-electron chi connectivity index (χ4n) is 3.92. The number of ether oxygens (including phenoxy) is 2. The standard InChI is InChI=1S/C25H22O4/c1-28-20-12-8-18(9-13-20)24-23(17-6-4-3-5-7-17)22(26)16-25(24,27)19-10-14-21(29-2)15-11-19/h3-15,27H,16H2,1-2H3. The lowest BCUT2D eigenvalue weighted by Gasteiger charge is -2.27. The van der Waals surface area contributed by atoms with Crippen LogP contribution in [0.25, 0.3) is 11.1 Å². The molecule has 0 aliphatic heterocycles. The Morgan fingerprint density at radius 2 is 1.31 bits per heavy atom. The molecule has 0 spiro atoms. The van der Waals surface area contributed by atoms with E-state index in [0.29, 0.717) is 28.2 Å². The van der Waals surface area contributed by atoms with E-state index in [9.17, 15) is 9.90 Å². The summed E-state index contributed by atoms with van der Waals surface area (Å²) in [6.45, 7) is 0. The topological polar surface area (TPSA) is 55.8 Å². The molecule has 1 aliphatic carbocycles. The Labute approximate surface area is 170 Å². The zero-order chi connectivity index (χ0) is 20.4. The average Bonchev–Trinajstić information content (AvgIpc) is 3.05. The molecule has 1 N–H and O–H groups in total. The van der Waals surface area contributed by atoms with Gasteiger partial charge in [0.15, 0.2) is 5.78 Å². The monoisotopic (exact) mass is 386 g/mol. The van der Waals surface area contributed by atoms with Gasteiger partial charge in [-0.3, -0.25) is 4.79 Å². The van der Waals surface area contributed by atoms with Crippen molar-refractivity contribution in [2.75, 3.05) is 14.2 Å². The number of carbonyl (C=O) groups is 1. The predicted molar refractivity (Wildman–Crippen MR) is 113 cm³/mol. The SMILES string of the molecule is COc1ccc(C2=C(c3ccccc3)C(=O)CC2(O)c2ccc(OC)cc2)cc1. The van der Waals surface area contributed by atoms with Crippen LogP contribution in [-0.2, 0) is 10.4 Å². The number of benzene rings is 3. The average molecular weight is 386 g/mol. The van der Waals surface area contributed by atoms with Gasteiger partial charge in [-0.1, -0.05) is 54.6 Å². The summed E-state index contributed by atoms with van der Waals surface area (Å²) in [6.07, 6.45) is -0.00901. The normalized spacial score (nSPS) is 18.8. The van der Waals surface area contributed by atoms with E-state index in [0.717, 1.165) is 11.1 Å². The summed E-state index contributed by atoms with van der Waals surface area (Å²) in [4.78, 5) is 13.1. The Hall–Kier alpha value is -3.37. The van der Waals surface area contributed by atoms with Gasteiger partial charge in [0.2, 0.25) is 0 Å². The number of hydrogen-bond donors (Lipinski definition) is 1. The lowest BCUT2D eigenvalue weighted by Crippen LogP contribution is -2.25. The number of Topliss-reactive ketones (excluding diaryl/α,β-unsaturated/α-hetero) is 1. The predicted octanol–water partition coefficient (Wildman–Crippen LogP) is 4.48. The molecule has 0 aromatic heterocycles. The Balaban J connectivity index is 1.94. The van der Waals surface area contributed by atoms with Gasteiger partial charge < -0.3 is 14.6 Å². The molecule has 1 unspecified atom stereocenters. The quantitative estimate of drug-likeness (QED) is 0.703. The summed E-state index contributed by atoms with van der Waals surface area (Å²) in [5.41, 5.74) is 1.98. The molecule has 0 saturated carbocycles. The second-order valence-electron chi connectivity index (χ2n) is 7.03. The van der Waals surface area contributed by atoms with Gasteiger partial charge in [-0.15, -0.1) is 0 Å². The van der Waals surface area contributed by atoms with E-state index in [1.165, 1.54) is 0 Å². The third kappa shape index (κ3) is 3.32. The van der Waals surface area contributed by atoms with Crippen molar-refractivity contribution in [3.8, 4) is 11.5 Å². The summed E-state index contributed by atoms with van der Waals surface area (Å²) < 4.78 is 10.5. The van der Waals surface area contributed by atoms with Gasteiger partial charge in [0, 0.05) is 17.6 Å². The van der Waals surface area contributed by atoms with E-state index >= 15 is 0 Å². The van der Waals surface area contributed by atoms with Gasteiger partial charge in [-0.2, -0.15) is 0 Å². The number of ketones is 1. The van der Waals surface area contributed by atoms with Gasteiger partial charge >= 0.3 is 0 Å². The van der Waals surface area contributed by atoms with Crippen molar-refractivity contribution in [2.45, 2.75) is 12.0 Å². The van der Waals surface area contributed by atoms with Crippen molar-refractivity contribution in [3.63, 3.8) is 0 Å². The first-order valence-corrected chi connectivity index (χ1v) is 9.41. The highest BCUT2D eigenvalue weighted by molar-refractivity contribution is 6.32. The van der Waals surface area contributed by atoms with Crippen LogP contribution in [-0.4, -0.2) is 25.1 Å². The fraction of sp³-hybridized carbons (Fsp3) is 0.160. The fourth-order valence-corrected chi connectivity index (χ4v) is 3.92. The van der Waals surface area contributed by atoms with Gasteiger partial charge in [-0.25, -0.2) is 0 Å². The molecular weight excluding hydrogens is 364 g/mol. The molecule has 0 fully saturated rings. The molecule has 4 rings (SSSR count). The molecule has 0 bridgehead atoms.